The van der Waals surface area contributed by atoms with E-state index in [0.717, 1.165) is 6.07 Å². The zero-order valence-corrected chi connectivity index (χ0v) is 13.0. The largest absolute Gasteiger partial charge is 0.482 e. The monoisotopic (exact) mass is 353 g/mol. The van der Waals surface area contributed by atoms with Gasteiger partial charge in [-0.15, -0.1) is 0 Å². The maximum absolute atomic E-state index is 12.1. The first kappa shape index (κ1) is 18.1. The van der Waals surface area contributed by atoms with Gasteiger partial charge in [-0.05, 0) is 29.8 Å². The van der Waals surface area contributed by atoms with E-state index in [9.17, 15) is 23.7 Å². The van der Waals surface area contributed by atoms with Gasteiger partial charge in [-0.25, -0.2) is 4.79 Å². The summed E-state index contributed by atoms with van der Waals surface area (Å²) >= 11 is 0. The highest BCUT2D eigenvalue weighted by Crippen LogP contribution is 2.29. The minimum atomic E-state index is -2.92. The molecule has 0 spiro atoms. The van der Waals surface area contributed by atoms with Crippen LogP contribution in [0.5, 0.6) is 11.5 Å². The summed E-state index contributed by atoms with van der Waals surface area (Å²) in [6.45, 7) is -2.95. The number of rotatable bonds is 7. The van der Waals surface area contributed by atoms with Crippen molar-refractivity contribution in [2.45, 2.75) is 13.2 Å². The molecule has 0 saturated carbocycles. The molecule has 0 radical (unpaired) electrons. The van der Waals surface area contributed by atoms with Gasteiger partial charge in [-0.1, -0.05) is 12.1 Å². The van der Waals surface area contributed by atoms with Gasteiger partial charge in [0, 0.05) is 6.07 Å². The molecule has 0 unspecified atom stereocenters. The highest BCUT2D eigenvalue weighted by atomic mass is 19.3. The van der Waals surface area contributed by atoms with Gasteiger partial charge in [0.15, 0.2) is 5.75 Å². The molecule has 132 valence electrons. The Morgan fingerprint density at radius 1 is 1.20 bits per heavy atom. The lowest BCUT2D eigenvalue weighted by Gasteiger charge is -2.09. The molecule has 0 heterocycles. The summed E-state index contributed by atoms with van der Waals surface area (Å²) < 4.78 is 38.3. The van der Waals surface area contributed by atoms with Crippen molar-refractivity contribution in [3.63, 3.8) is 0 Å². The molecule has 0 N–H and O–H groups in total. The normalized spacial score (nSPS) is 10.4. The minimum absolute atomic E-state index is 0.00726. The lowest BCUT2D eigenvalue weighted by molar-refractivity contribution is -0.386. The Kier molecular flexibility index (Phi) is 5.83. The Balaban J connectivity index is 2.11. The smallest absolute Gasteiger partial charge is 0.387 e. The summed E-state index contributed by atoms with van der Waals surface area (Å²) in [5.74, 6) is -0.748. The van der Waals surface area contributed by atoms with E-state index >= 15 is 0 Å². The number of nitro benzene ring substituents is 1. The van der Waals surface area contributed by atoms with Crippen LogP contribution in [0.15, 0.2) is 42.5 Å². The molecule has 0 aliphatic rings. The van der Waals surface area contributed by atoms with E-state index in [1.807, 2.05) is 0 Å². The van der Waals surface area contributed by atoms with E-state index < -0.39 is 17.5 Å². The third kappa shape index (κ3) is 4.87. The van der Waals surface area contributed by atoms with E-state index in [4.69, 9.17) is 4.74 Å². The summed E-state index contributed by atoms with van der Waals surface area (Å²) in [6, 6.07) is 9.34. The Bertz CT molecular complexity index is 764. The number of alkyl halides is 2. The number of benzene rings is 2. The van der Waals surface area contributed by atoms with Gasteiger partial charge in [0.25, 0.3) is 0 Å². The fourth-order valence-electron chi connectivity index (χ4n) is 1.96. The number of hydrogen-bond acceptors (Lipinski definition) is 6. The Morgan fingerprint density at radius 2 is 1.88 bits per heavy atom. The molecular weight excluding hydrogens is 340 g/mol. The molecule has 25 heavy (non-hydrogen) atoms. The Morgan fingerprint density at radius 3 is 2.44 bits per heavy atom. The van der Waals surface area contributed by atoms with Crippen molar-refractivity contribution in [3.8, 4) is 11.5 Å². The maximum atomic E-state index is 12.1. The second kappa shape index (κ2) is 8.04. The first-order valence-electron chi connectivity index (χ1n) is 6.94. The van der Waals surface area contributed by atoms with E-state index in [-0.39, 0.29) is 29.4 Å². The van der Waals surface area contributed by atoms with E-state index in [2.05, 4.69) is 9.47 Å². The van der Waals surface area contributed by atoms with Crippen molar-refractivity contribution >= 4 is 11.7 Å². The fourth-order valence-corrected chi connectivity index (χ4v) is 1.96. The summed E-state index contributed by atoms with van der Waals surface area (Å²) in [5.41, 5.74) is 0.226. The van der Waals surface area contributed by atoms with Crippen LogP contribution >= 0.6 is 0 Å². The lowest BCUT2D eigenvalue weighted by atomic mass is 10.2. The zero-order valence-electron chi connectivity index (χ0n) is 13.0. The first-order valence-corrected chi connectivity index (χ1v) is 6.94. The predicted molar refractivity (Wildman–Crippen MR) is 81.8 cm³/mol. The van der Waals surface area contributed by atoms with Crippen LogP contribution in [-0.2, 0) is 11.3 Å². The van der Waals surface area contributed by atoms with Crippen LogP contribution in [0.1, 0.15) is 15.9 Å². The standard InChI is InChI=1S/C16H13F2NO6/c1-23-15(20)11-4-7-14(13(8-11)19(21)22)24-9-10-2-5-12(6-3-10)25-16(17)18/h2-8,16H,9H2,1H3. The molecular formula is C16H13F2NO6. The summed E-state index contributed by atoms with van der Waals surface area (Å²) in [4.78, 5) is 21.9. The number of carbonyl (C=O) groups is 1. The van der Waals surface area contributed by atoms with Gasteiger partial charge in [0.1, 0.15) is 12.4 Å². The molecule has 0 aliphatic heterocycles. The molecule has 0 bridgehead atoms. The highest BCUT2D eigenvalue weighted by molar-refractivity contribution is 5.90. The molecule has 2 aromatic rings. The van der Waals surface area contributed by atoms with Crippen molar-refractivity contribution < 1.29 is 32.7 Å². The van der Waals surface area contributed by atoms with Crippen molar-refractivity contribution in [3.05, 3.63) is 63.7 Å². The molecule has 0 fully saturated rings. The highest BCUT2D eigenvalue weighted by Gasteiger charge is 2.19. The number of methoxy groups -OCH3 is 1. The van der Waals surface area contributed by atoms with E-state index in [1.165, 1.54) is 43.5 Å². The second-order valence-corrected chi connectivity index (χ2v) is 4.74. The van der Waals surface area contributed by atoms with Crippen LogP contribution in [0, 0.1) is 10.1 Å². The van der Waals surface area contributed by atoms with E-state index in [0.29, 0.717) is 5.56 Å². The van der Waals surface area contributed by atoms with Gasteiger partial charge in [0.2, 0.25) is 0 Å². The Labute approximate surface area is 140 Å². The molecule has 0 saturated heterocycles. The zero-order chi connectivity index (χ0) is 18.4. The van der Waals surface area contributed by atoms with Crippen LogP contribution in [0.4, 0.5) is 14.5 Å². The molecule has 9 heteroatoms. The number of halogens is 2. The van der Waals surface area contributed by atoms with Crippen molar-refractivity contribution in [2.24, 2.45) is 0 Å². The average Bonchev–Trinajstić information content (AvgIpc) is 2.59. The van der Waals surface area contributed by atoms with Crippen molar-refractivity contribution in [1.29, 1.82) is 0 Å². The lowest BCUT2D eigenvalue weighted by Crippen LogP contribution is -2.04. The second-order valence-electron chi connectivity index (χ2n) is 4.74. The van der Waals surface area contributed by atoms with Crippen LogP contribution in [0.2, 0.25) is 0 Å². The van der Waals surface area contributed by atoms with Crippen LogP contribution in [-0.4, -0.2) is 24.6 Å². The van der Waals surface area contributed by atoms with Gasteiger partial charge in [-0.2, -0.15) is 8.78 Å². The number of nitro groups is 1. The van der Waals surface area contributed by atoms with Crippen LogP contribution < -0.4 is 9.47 Å². The Hall–Kier alpha value is -3.23. The molecule has 2 aromatic carbocycles. The van der Waals surface area contributed by atoms with Gasteiger partial charge >= 0.3 is 18.3 Å². The third-order valence-corrected chi connectivity index (χ3v) is 3.12. The third-order valence-electron chi connectivity index (χ3n) is 3.12. The van der Waals surface area contributed by atoms with Gasteiger partial charge in [0.05, 0.1) is 17.6 Å². The first-order chi connectivity index (χ1) is 11.9. The fraction of sp³-hybridized carbons (Fsp3) is 0.188. The van der Waals surface area contributed by atoms with Crippen molar-refractivity contribution in [2.75, 3.05) is 7.11 Å². The van der Waals surface area contributed by atoms with Crippen LogP contribution in [0.25, 0.3) is 0 Å². The van der Waals surface area contributed by atoms with E-state index in [1.54, 1.807) is 0 Å². The summed E-state index contributed by atoms with van der Waals surface area (Å²) in [5, 5.41) is 11.1. The number of esters is 1. The molecule has 0 aromatic heterocycles. The predicted octanol–water partition coefficient (Wildman–Crippen LogP) is 3.56. The van der Waals surface area contributed by atoms with Crippen molar-refractivity contribution in [1.82, 2.24) is 0 Å². The number of ether oxygens (including phenoxy) is 3. The number of hydrogen-bond donors (Lipinski definition) is 0. The molecule has 0 amide bonds. The van der Waals surface area contributed by atoms with Gasteiger partial charge < -0.3 is 14.2 Å². The SMILES string of the molecule is COC(=O)c1ccc(OCc2ccc(OC(F)F)cc2)c([N+](=O)[O-])c1. The minimum Gasteiger partial charge on any atom is -0.482 e. The molecule has 0 atom stereocenters. The van der Waals surface area contributed by atoms with Crippen LogP contribution in [0.3, 0.4) is 0 Å². The molecule has 0 aliphatic carbocycles. The number of nitrogens with zero attached hydrogens (tertiary/aromatic N) is 1. The quantitative estimate of drug-likeness (QED) is 0.430. The summed E-state index contributed by atoms with van der Waals surface area (Å²) in [6.07, 6.45) is 0. The molecule has 7 nitrogen and oxygen atoms in total. The topological polar surface area (TPSA) is 87.9 Å². The van der Waals surface area contributed by atoms with Gasteiger partial charge in [-0.3, -0.25) is 10.1 Å². The average molecular weight is 353 g/mol. The number of carbonyl (C=O) groups excluding carboxylic acids is 1. The molecule has 2 rings (SSSR count). The maximum Gasteiger partial charge on any atom is 0.387 e. The summed E-state index contributed by atoms with van der Waals surface area (Å²) in [7, 11) is 1.17.